The van der Waals surface area contributed by atoms with Gasteiger partial charge in [0.2, 0.25) is 6.29 Å². The molecule has 0 aliphatic carbocycles. The quantitative estimate of drug-likeness (QED) is 0.452. The Hall–Kier alpha value is -2.88. The molecule has 32 heavy (non-hydrogen) atoms. The topological polar surface area (TPSA) is 99.4 Å². The minimum Gasteiger partial charge on any atom is -0.458 e. The molecular formula is C24H22F2O6. The van der Waals surface area contributed by atoms with Crippen LogP contribution in [0.5, 0.6) is 5.75 Å². The van der Waals surface area contributed by atoms with Gasteiger partial charge in [0.25, 0.3) is 0 Å². The van der Waals surface area contributed by atoms with E-state index in [1.165, 1.54) is 6.08 Å². The minimum atomic E-state index is -1.73. The van der Waals surface area contributed by atoms with Crippen molar-refractivity contribution in [2.45, 2.75) is 30.7 Å². The first-order valence-corrected chi connectivity index (χ1v) is 10.0. The molecule has 0 bridgehead atoms. The highest BCUT2D eigenvalue weighted by Crippen LogP contribution is 2.31. The van der Waals surface area contributed by atoms with Crippen molar-refractivity contribution in [3.8, 4) is 5.75 Å². The van der Waals surface area contributed by atoms with Gasteiger partial charge in [-0.25, -0.2) is 8.78 Å². The van der Waals surface area contributed by atoms with Crippen molar-refractivity contribution < 1.29 is 38.7 Å². The van der Waals surface area contributed by atoms with E-state index in [0.717, 1.165) is 22.4 Å². The van der Waals surface area contributed by atoms with Crippen LogP contribution < -0.4 is 4.74 Å². The van der Waals surface area contributed by atoms with Crippen LogP contribution in [0, 0.1) is 11.6 Å². The predicted molar refractivity (Wildman–Crippen MR) is 114 cm³/mol. The third-order valence-corrected chi connectivity index (χ3v) is 5.35. The molecule has 0 saturated carbocycles. The Balaban J connectivity index is 1.64. The van der Waals surface area contributed by atoms with Crippen molar-refractivity contribution in [3.63, 3.8) is 0 Å². The van der Waals surface area contributed by atoms with Gasteiger partial charge in [-0.2, -0.15) is 0 Å². The maximum atomic E-state index is 14.6. The van der Waals surface area contributed by atoms with Crippen LogP contribution in [0.3, 0.4) is 0 Å². The van der Waals surface area contributed by atoms with E-state index < -0.39 is 54.7 Å². The first kappa shape index (κ1) is 22.3. The fraction of sp³-hybridized carbons (Fsp3) is 0.250. The number of aliphatic hydroxyl groups excluding tert-OH is 4. The van der Waals surface area contributed by atoms with Gasteiger partial charge in [0.15, 0.2) is 11.6 Å². The van der Waals surface area contributed by atoms with Gasteiger partial charge in [0.1, 0.15) is 30.2 Å². The van der Waals surface area contributed by atoms with E-state index in [2.05, 4.69) is 0 Å². The highest BCUT2D eigenvalue weighted by Gasteiger charge is 2.45. The van der Waals surface area contributed by atoms with Crippen LogP contribution in [0.25, 0.3) is 22.9 Å². The number of hydrogen-bond acceptors (Lipinski definition) is 6. The Labute approximate surface area is 182 Å². The zero-order chi connectivity index (χ0) is 22.8. The molecule has 1 unspecified atom stereocenters. The van der Waals surface area contributed by atoms with Crippen molar-refractivity contribution >= 4 is 22.9 Å². The first-order chi connectivity index (χ1) is 15.4. The fourth-order valence-corrected chi connectivity index (χ4v) is 3.61. The number of benzene rings is 3. The van der Waals surface area contributed by atoms with E-state index >= 15 is 0 Å². The molecular weight excluding hydrogens is 422 g/mol. The number of aliphatic hydroxyl groups is 4. The number of rotatable bonds is 5. The van der Waals surface area contributed by atoms with Crippen LogP contribution in [0.1, 0.15) is 11.1 Å². The van der Waals surface area contributed by atoms with Crippen molar-refractivity contribution in [3.05, 3.63) is 77.4 Å². The molecule has 4 N–H and O–H groups in total. The number of halogens is 2. The smallest absolute Gasteiger partial charge is 0.229 e. The summed E-state index contributed by atoms with van der Waals surface area (Å²) in [4.78, 5) is 0. The molecule has 1 fully saturated rings. The van der Waals surface area contributed by atoms with Crippen molar-refractivity contribution in [1.82, 2.24) is 0 Å². The second-order valence-electron chi connectivity index (χ2n) is 7.56. The summed E-state index contributed by atoms with van der Waals surface area (Å²) in [5.74, 6) is -2.28. The maximum absolute atomic E-state index is 14.6. The highest BCUT2D eigenvalue weighted by atomic mass is 19.1. The van der Waals surface area contributed by atoms with Gasteiger partial charge in [-0.1, -0.05) is 48.6 Å². The van der Waals surface area contributed by atoms with E-state index in [1.807, 2.05) is 42.5 Å². The Morgan fingerprint density at radius 3 is 2.38 bits per heavy atom. The van der Waals surface area contributed by atoms with Crippen LogP contribution in [0.15, 0.2) is 54.6 Å². The first-order valence-electron chi connectivity index (χ1n) is 10.0. The summed E-state index contributed by atoms with van der Waals surface area (Å²) in [7, 11) is 0. The van der Waals surface area contributed by atoms with E-state index in [1.54, 1.807) is 6.08 Å². The van der Waals surface area contributed by atoms with Gasteiger partial charge >= 0.3 is 0 Å². The van der Waals surface area contributed by atoms with Crippen LogP contribution in [0.2, 0.25) is 0 Å². The molecule has 8 heteroatoms. The van der Waals surface area contributed by atoms with E-state index in [0.29, 0.717) is 6.07 Å². The largest absolute Gasteiger partial charge is 0.458 e. The summed E-state index contributed by atoms with van der Waals surface area (Å²) in [6, 6.07) is 15.1. The summed E-state index contributed by atoms with van der Waals surface area (Å²) in [5, 5.41) is 41.3. The molecule has 3 aromatic carbocycles. The fourth-order valence-electron chi connectivity index (χ4n) is 3.61. The average Bonchev–Trinajstić information content (AvgIpc) is 2.79. The highest BCUT2D eigenvalue weighted by molar-refractivity contribution is 5.86. The second kappa shape index (κ2) is 9.32. The van der Waals surface area contributed by atoms with E-state index in [-0.39, 0.29) is 5.56 Å². The molecule has 1 saturated heterocycles. The lowest BCUT2D eigenvalue weighted by Crippen LogP contribution is -2.60. The van der Waals surface area contributed by atoms with Crippen LogP contribution in [-0.2, 0) is 4.74 Å². The summed E-state index contributed by atoms with van der Waals surface area (Å²) in [6.07, 6.45) is -4.71. The molecule has 1 heterocycles. The number of fused-ring (bicyclic) bond motifs is 1. The van der Waals surface area contributed by atoms with Crippen molar-refractivity contribution in [1.29, 1.82) is 0 Å². The minimum absolute atomic E-state index is 0.0348. The zero-order valence-electron chi connectivity index (χ0n) is 16.8. The maximum Gasteiger partial charge on any atom is 0.229 e. The molecule has 0 aromatic heterocycles. The molecule has 0 amide bonds. The van der Waals surface area contributed by atoms with E-state index in [4.69, 9.17) is 9.47 Å². The lowest BCUT2D eigenvalue weighted by molar-refractivity contribution is -0.277. The lowest BCUT2D eigenvalue weighted by atomic mass is 9.99. The molecule has 1 aliphatic rings. The van der Waals surface area contributed by atoms with Gasteiger partial charge in [0, 0.05) is 11.6 Å². The Bertz CT molecular complexity index is 1130. The van der Waals surface area contributed by atoms with Gasteiger partial charge < -0.3 is 29.9 Å². The Morgan fingerprint density at radius 2 is 1.62 bits per heavy atom. The molecule has 4 rings (SSSR count). The van der Waals surface area contributed by atoms with Gasteiger partial charge in [-0.15, -0.1) is 0 Å². The van der Waals surface area contributed by atoms with Crippen LogP contribution >= 0.6 is 0 Å². The van der Waals surface area contributed by atoms with Crippen LogP contribution in [0.4, 0.5) is 8.78 Å². The lowest BCUT2D eigenvalue weighted by Gasteiger charge is -2.39. The Morgan fingerprint density at radius 1 is 0.875 bits per heavy atom. The predicted octanol–water partition coefficient (Wildman–Crippen LogP) is 2.47. The van der Waals surface area contributed by atoms with Gasteiger partial charge in [0.05, 0.1) is 6.61 Å². The van der Waals surface area contributed by atoms with Crippen molar-refractivity contribution in [2.24, 2.45) is 0 Å². The Kier molecular flexibility index (Phi) is 6.50. The normalized spacial score (nSPS) is 26.0. The summed E-state index contributed by atoms with van der Waals surface area (Å²) in [6.45, 7) is -0.661. The molecule has 168 valence electrons. The van der Waals surface area contributed by atoms with E-state index in [9.17, 15) is 29.2 Å². The third kappa shape index (κ3) is 4.50. The monoisotopic (exact) mass is 444 g/mol. The zero-order valence-corrected chi connectivity index (χ0v) is 16.8. The molecule has 0 spiro atoms. The molecule has 6 nitrogen and oxygen atoms in total. The average molecular weight is 444 g/mol. The SMILES string of the molecule is OC[C@H]1OC(Oc2c(F)cc(F)cc2/C=C/c2ccc3ccccc3c2)[C@H](O)[C@@H](O)[C@@H]1O. The molecule has 3 aromatic rings. The standard InChI is InChI=1S/C24H22F2O6/c25-17-10-16(8-6-13-5-7-14-3-1-2-4-15(14)9-13)23(18(26)11-17)32-24-22(30)21(29)20(28)19(12-27)31-24/h1-11,19-22,24,27-30H,12H2/b8-6+/t19-,20-,21+,22-,24?/m1/s1. The summed E-state index contributed by atoms with van der Waals surface area (Å²) in [5.41, 5.74) is 0.819. The van der Waals surface area contributed by atoms with Crippen LogP contribution in [-0.4, -0.2) is 57.7 Å². The molecule has 5 atom stereocenters. The molecule has 0 radical (unpaired) electrons. The second-order valence-corrected chi connectivity index (χ2v) is 7.56. The van der Waals surface area contributed by atoms with Gasteiger partial charge in [-0.05, 0) is 28.5 Å². The summed E-state index contributed by atoms with van der Waals surface area (Å²) >= 11 is 0. The number of ether oxygens (including phenoxy) is 2. The third-order valence-electron chi connectivity index (χ3n) is 5.35. The molecule has 1 aliphatic heterocycles. The summed E-state index contributed by atoms with van der Waals surface area (Å²) < 4.78 is 39.2. The number of hydrogen-bond donors (Lipinski definition) is 4. The van der Waals surface area contributed by atoms with Crippen molar-refractivity contribution in [2.75, 3.05) is 6.61 Å². The van der Waals surface area contributed by atoms with Gasteiger partial charge in [-0.3, -0.25) is 0 Å².